The minimum Gasteiger partial charge on any atom is -0.436 e. The van der Waals surface area contributed by atoms with Crippen molar-refractivity contribution in [2.45, 2.75) is 19.3 Å². The molecule has 62 heavy (non-hydrogen) atoms. The second-order valence-electron chi connectivity index (χ2n) is 17.1. The minimum absolute atomic E-state index is 0.232. The molecule has 0 saturated carbocycles. The quantitative estimate of drug-likeness (QED) is 0.157. The Morgan fingerprint density at radius 3 is 1.35 bits per heavy atom. The van der Waals surface area contributed by atoms with Crippen LogP contribution >= 0.6 is 0 Å². The molecule has 1 aliphatic rings. The minimum atomic E-state index is -0.232. The van der Waals surface area contributed by atoms with Gasteiger partial charge in [0.1, 0.15) is 5.52 Å². The maximum Gasteiger partial charge on any atom is 0.227 e. The maximum absolute atomic E-state index is 6.09. The van der Waals surface area contributed by atoms with Gasteiger partial charge in [0.05, 0.1) is 0 Å². The van der Waals surface area contributed by atoms with E-state index in [1.807, 2.05) is 24.3 Å². The lowest BCUT2D eigenvalue weighted by atomic mass is 9.79. The molecule has 1 aromatic heterocycles. The van der Waals surface area contributed by atoms with Gasteiger partial charge in [-0.15, -0.1) is 0 Å². The molecule has 0 atom stereocenters. The number of para-hydroxylation sites is 2. The third-order valence-electron chi connectivity index (χ3n) is 13.1. The van der Waals surface area contributed by atoms with E-state index in [-0.39, 0.29) is 5.41 Å². The van der Waals surface area contributed by atoms with Crippen molar-refractivity contribution in [1.29, 1.82) is 0 Å². The van der Waals surface area contributed by atoms with E-state index < -0.39 is 0 Å². The Morgan fingerprint density at radius 2 is 0.774 bits per heavy atom. The summed E-state index contributed by atoms with van der Waals surface area (Å²) in [5.74, 6) is 0.640. The monoisotopic (exact) mass is 791 g/mol. The molecule has 0 amide bonds. The fourth-order valence-electron chi connectivity index (χ4n) is 9.93. The van der Waals surface area contributed by atoms with Crippen molar-refractivity contribution in [1.82, 2.24) is 4.98 Å². The third kappa shape index (κ3) is 5.83. The fourth-order valence-corrected chi connectivity index (χ4v) is 9.93. The van der Waals surface area contributed by atoms with Crippen LogP contribution in [0, 0.1) is 0 Å². The van der Waals surface area contributed by atoms with Gasteiger partial charge in [0.25, 0.3) is 0 Å². The van der Waals surface area contributed by atoms with E-state index >= 15 is 0 Å². The highest BCUT2D eigenvalue weighted by molar-refractivity contribution is 6.22. The zero-order valence-electron chi connectivity index (χ0n) is 34.6. The number of oxazole rings is 1. The molecule has 1 aliphatic carbocycles. The van der Waals surface area contributed by atoms with E-state index in [9.17, 15) is 0 Å². The molecule has 0 fully saturated rings. The molecule has 2 nitrogen and oxygen atoms in total. The van der Waals surface area contributed by atoms with Crippen molar-refractivity contribution in [2.24, 2.45) is 0 Å². The molecule has 292 valence electrons. The standard InChI is InChI=1S/C60H41NO/c1-60(2)53-35-46(42-25-31-45(32-26-42)59-61-55-19-11-12-20-56(55)62-59)33-34-47(53)50-36-51-52(37-54(50)60)58(44-29-23-41(24-30-44)39-15-7-4-8-16-39)49-18-10-9-17-48(49)57(51)43-27-21-40(22-28-43)38-13-5-3-6-14-38/h3-37H,1-2H3. The number of rotatable bonds is 6. The van der Waals surface area contributed by atoms with Crippen LogP contribution in [-0.4, -0.2) is 4.98 Å². The first-order valence-electron chi connectivity index (χ1n) is 21.4. The summed E-state index contributed by atoms with van der Waals surface area (Å²) in [5, 5.41) is 5.04. The van der Waals surface area contributed by atoms with Crippen molar-refractivity contribution < 1.29 is 4.42 Å². The van der Waals surface area contributed by atoms with Crippen molar-refractivity contribution in [2.75, 3.05) is 0 Å². The SMILES string of the molecule is CC1(C)c2cc(-c3ccc(-c4nc5ccccc5o4)cc3)ccc2-c2cc3c(-c4ccc(-c5ccccc5)cc4)c4ccccc4c(-c4ccc(-c5ccccc5)cc4)c3cc21. The molecular weight excluding hydrogens is 751 g/mol. The first kappa shape index (κ1) is 36.1. The van der Waals surface area contributed by atoms with Crippen LogP contribution in [0.15, 0.2) is 217 Å². The van der Waals surface area contributed by atoms with E-state index in [0.29, 0.717) is 5.89 Å². The van der Waals surface area contributed by atoms with E-state index in [1.165, 1.54) is 99.4 Å². The molecule has 10 aromatic carbocycles. The smallest absolute Gasteiger partial charge is 0.227 e. The molecule has 0 aliphatic heterocycles. The first-order chi connectivity index (χ1) is 30.5. The average molecular weight is 792 g/mol. The Bertz CT molecular complexity index is 3450. The highest BCUT2D eigenvalue weighted by Crippen LogP contribution is 2.54. The van der Waals surface area contributed by atoms with Crippen LogP contribution < -0.4 is 0 Å². The summed E-state index contributed by atoms with van der Waals surface area (Å²) >= 11 is 0. The van der Waals surface area contributed by atoms with Gasteiger partial charge in [0.15, 0.2) is 5.58 Å². The van der Waals surface area contributed by atoms with Crippen molar-refractivity contribution >= 4 is 32.6 Å². The Balaban J connectivity index is 1.03. The number of aromatic nitrogens is 1. The summed E-state index contributed by atoms with van der Waals surface area (Å²) in [6.07, 6.45) is 0. The fraction of sp³-hybridized carbons (Fsp3) is 0.0500. The molecule has 0 radical (unpaired) electrons. The summed E-state index contributed by atoms with van der Waals surface area (Å²) in [5.41, 5.74) is 19.9. The Kier molecular flexibility index (Phi) is 8.23. The third-order valence-corrected chi connectivity index (χ3v) is 13.1. The summed E-state index contributed by atoms with van der Waals surface area (Å²) in [4.78, 5) is 4.73. The highest BCUT2D eigenvalue weighted by Gasteiger charge is 2.37. The van der Waals surface area contributed by atoms with Gasteiger partial charge < -0.3 is 4.42 Å². The van der Waals surface area contributed by atoms with E-state index in [1.54, 1.807) is 0 Å². The van der Waals surface area contributed by atoms with Gasteiger partial charge in [-0.25, -0.2) is 4.98 Å². The molecule has 11 aromatic rings. The van der Waals surface area contributed by atoms with Crippen LogP contribution in [-0.2, 0) is 5.41 Å². The predicted molar refractivity (Wildman–Crippen MR) is 259 cm³/mol. The van der Waals surface area contributed by atoms with Crippen molar-refractivity contribution in [3.8, 4) is 78.2 Å². The lowest BCUT2D eigenvalue weighted by Crippen LogP contribution is -2.15. The summed E-state index contributed by atoms with van der Waals surface area (Å²) < 4.78 is 6.09. The van der Waals surface area contributed by atoms with Gasteiger partial charge in [-0.1, -0.05) is 184 Å². The van der Waals surface area contributed by atoms with E-state index in [4.69, 9.17) is 9.40 Å². The Hall–Kier alpha value is -7.81. The van der Waals surface area contributed by atoms with Gasteiger partial charge in [0, 0.05) is 11.0 Å². The normalized spacial score (nSPS) is 12.8. The number of fused-ring (bicyclic) bond motifs is 6. The molecule has 0 bridgehead atoms. The zero-order chi connectivity index (χ0) is 41.4. The van der Waals surface area contributed by atoms with Crippen LogP contribution in [0.3, 0.4) is 0 Å². The zero-order valence-corrected chi connectivity index (χ0v) is 34.6. The molecule has 1 heterocycles. The molecule has 12 rings (SSSR count). The van der Waals surface area contributed by atoms with Gasteiger partial charge in [-0.3, -0.25) is 0 Å². The summed E-state index contributed by atoms with van der Waals surface area (Å²) in [6.45, 7) is 4.78. The first-order valence-corrected chi connectivity index (χ1v) is 21.4. The average Bonchev–Trinajstić information content (AvgIpc) is 3.87. The largest absolute Gasteiger partial charge is 0.436 e. The number of hydrogen-bond donors (Lipinski definition) is 0. The van der Waals surface area contributed by atoms with E-state index in [2.05, 4.69) is 202 Å². The van der Waals surface area contributed by atoms with Crippen LogP contribution in [0.5, 0.6) is 0 Å². The Morgan fingerprint density at radius 1 is 0.339 bits per heavy atom. The molecule has 2 heteroatoms. The second kappa shape index (κ2) is 14.1. The lowest BCUT2D eigenvalue weighted by Gasteiger charge is -2.24. The molecule has 0 N–H and O–H groups in total. The molecule has 0 spiro atoms. The van der Waals surface area contributed by atoms with Crippen molar-refractivity contribution in [3.05, 3.63) is 223 Å². The number of hydrogen-bond acceptors (Lipinski definition) is 2. The van der Waals surface area contributed by atoms with Crippen LogP contribution in [0.25, 0.3) is 111 Å². The number of nitrogens with zero attached hydrogens (tertiary/aromatic N) is 1. The van der Waals surface area contributed by atoms with Gasteiger partial charge in [0.2, 0.25) is 5.89 Å². The van der Waals surface area contributed by atoms with Crippen molar-refractivity contribution in [3.63, 3.8) is 0 Å². The number of benzene rings is 10. The summed E-state index contributed by atoms with van der Waals surface area (Å²) in [7, 11) is 0. The highest BCUT2D eigenvalue weighted by atomic mass is 16.3. The summed E-state index contributed by atoms with van der Waals surface area (Å²) in [6, 6.07) is 77.2. The van der Waals surface area contributed by atoms with Crippen LogP contribution in [0.4, 0.5) is 0 Å². The predicted octanol–water partition coefficient (Wildman–Crippen LogP) is 16.4. The topological polar surface area (TPSA) is 26.0 Å². The molecule has 0 unspecified atom stereocenters. The van der Waals surface area contributed by atoms with Crippen LogP contribution in [0.1, 0.15) is 25.0 Å². The van der Waals surface area contributed by atoms with E-state index in [0.717, 1.165) is 16.7 Å². The van der Waals surface area contributed by atoms with Crippen LogP contribution in [0.2, 0.25) is 0 Å². The Labute approximate surface area is 361 Å². The van der Waals surface area contributed by atoms with Gasteiger partial charge in [-0.2, -0.15) is 0 Å². The lowest BCUT2D eigenvalue weighted by molar-refractivity contribution is 0.620. The van der Waals surface area contributed by atoms with Gasteiger partial charge in [-0.05, 0) is 142 Å². The molecule has 0 saturated heterocycles. The second-order valence-corrected chi connectivity index (χ2v) is 17.1. The van der Waals surface area contributed by atoms with Gasteiger partial charge >= 0.3 is 0 Å². The molecular formula is C60H41NO. The maximum atomic E-state index is 6.09.